The Kier molecular flexibility index (Phi) is 2.37. The van der Waals surface area contributed by atoms with Crippen molar-refractivity contribution >= 4 is 5.69 Å². The molecule has 0 saturated carbocycles. The van der Waals surface area contributed by atoms with Gasteiger partial charge in [-0.1, -0.05) is 6.07 Å². The Labute approximate surface area is 86.1 Å². The van der Waals surface area contributed by atoms with Crippen LogP contribution in [-0.4, -0.2) is 6.18 Å². The van der Waals surface area contributed by atoms with Crippen LogP contribution in [0.1, 0.15) is 29.9 Å². The van der Waals surface area contributed by atoms with Crippen molar-refractivity contribution in [1.29, 1.82) is 0 Å². The maximum atomic E-state index is 12.7. The van der Waals surface area contributed by atoms with E-state index >= 15 is 0 Å². The highest BCUT2D eigenvalue weighted by Gasteiger charge is 2.42. The Hall–Kier alpha value is -1.19. The van der Waals surface area contributed by atoms with Crippen molar-refractivity contribution in [2.24, 2.45) is 0 Å². The minimum Gasteiger partial charge on any atom is -0.399 e. The van der Waals surface area contributed by atoms with E-state index in [1.165, 1.54) is 6.07 Å². The average Bonchev–Trinajstić information content (AvgIpc) is 2.15. The standard InChI is InChI=1S/C11H12F3N/c12-11(13,14)10-3-1-2-7-4-5-8(15)6-9(7)10/h4-6,10H,1-3,15H2. The van der Waals surface area contributed by atoms with Gasteiger partial charge in [0.25, 0.3) is 0 Å². The van der Waals surface area contributed by atoms with Crippen molar-refractivity contribution in [3.63, 3.8) is 0 Å². The highest BCUT2D eigenvalue weighted by Crippen LogP contribution is 2.43. The number of hydrogen-bond donors (Lipinski definition) is 1. The number of alkyl halides is 3. The van der Waals surface area contributed by atoms with Gasteiger partial charge in [-0.2, -0.15) is 13.2 Å². The lowest BCUT2D eigenvalue weighted by atomic mass is 9.82. The minimum absolute atomic E-state index is 0.181. The van der Waals surface area contributed by atoms with E-state index in [1.807, 2.05) is 0 Å². The highest BCUT2D eigenvalue weighted by atomic mass is 19.4. The Bertz CT molecular complexity index is 371. The number of benzene rings is 1. The van der Waals surface area contributed by atoms with Crippen LogP contribution in [0, 0.1) is 0 Å². The molecular weight excluding hydrogens is 203 g/mol. The van der Waals surface area contributed by atoms with E-state index in [1.54, 1.807) is 12.1 Å². The van der Waals surface area contributed by atoms with E-state index < -0.39 is 12.1 Å². The molecule has 2 N–H and O–H groups in total. The summed E-state index contributed by atoms with van der Waals surface area (Å²) in [4.78, 5) is 0. The molecule has 4 heteroatoms. The molecule has 1 aliphatic carbocycles. The maximum absolute atomic E-state index is 12.7. The average molecular weight is 215 g/mol. The molecule has 0 heterocycles. The van der Waals surface area contributed by atoms with Gasteiger partial charge in [-0.05, 0) is 42.5 Å². The first-order valence-electron chi connectivity index (χ1n) is 4.93. The number of fused-ring (bicyclic) bond motifs is 1. The highest BCUT2D eigenvalue weighted by molar-refractivity contribution is 5.47. The molecule has 0 aliphatic heterocycles. The fraction of sp³-hybridized carbons (Fsp3) is 0.455. The van der Waals surface area contributed by atoms with E-state index in [0.717, 1.165) is 12.0 Å². The second-order valence-electron chi connectivity index (χ2n) is 3.94. The van der Waals surface area contributed by atoms with Crippen LogP contribution in [0.5, 0.6) is 0 Å². The molecular formula is C11H12F3N. The van der Waals surface area contributed by atoms with E-state index in [-0.39, 0.29) is 6.42 Å². The van der Waals surface area contributed by atoms with E-state index in [2.05, 4.69) is 0 Å². The zero-order valence-electron chi connectivity index (χ0n) is 8.14. The summed E-state index contributed by atoms with van der Waals surface area (Å²) in [7, 11) is 0. The van der Waals surface area contributed by atoms with Gasteiger partial charge in [-0.15, -0.1) is 0 Å². The maximum Gasteiger partial charge on any atom is 0.395 e. The van der Waals surface area contributed by atoms with Crippen molar-refractivity contribution in [2.75, 3.05) is 5.73 Å². The third kappa shape index (κ3) is 1.94. The van der Waals surface area contributed by atoms with Crippen LogP contribution in [0.15, 0.2) is 18.2 Å². The lowest BCUT2D eigenvalue weighted by Gasteiger charge is -2.27. The Morgan fingerprint density at radius 3 is 2.67 bits per heavy atom. The predicted molar refractivity (Wildman–Crippen MR) is 52.6 cm³/mol. The number of aryl methyl sites for hydroxylation is 1. The van der Waals surface area contributed by atoms with Gasteiger partial charge in [-0.3, -0.25) is 0 Å². The van der Waals surface area contributed by atoms with Crippen LogP contribution >= 0.6 is 0 Å². The molecule has 0 spiro atoms. The van der Waals surface area contributed by atoms with Crippen molar-refractivity contribution in [3.05, 3.63) is 29.3 Å². The predicted octanol–water partition coefficient (Wildman–Crippen LogP) is 3.25. The number of halogens is 3. The quantitative estimate of drug-likeness (QED) is 0.660. The summed E-state index contributed by atoms with van der Waals surface area (Å²) in [5.74, 6) is -1.33. The zero-order valence-corrected chi connectivity index (χ0v) is 8.14. The van der Waals surface area contributed by atoms with Gasteiger partial charge in [0, 0.05) is 5.69 Å². The lowest BCUT2D eigenvalue weighted by molar-refractivity contribution is -0.153. The van der Waals surface area contributed by atoms with Crippen LogP contribution in [0.4, 0.5) is 18.9 Å². The van der Waals surface area contributed by atoms with Gasteiger partial charge in [0.1, 0.15) is 0 Å². The molecule has 1 unspecified atom stereocenters. The molecule has 0 fully saturated rings. The topological polar surface area (TPSA) is 26.0 Å². The summed E-state index contributed by atoms with van der Waals surface area (Å²) in [5.41, 5.74) is 7.09. The number of hydrogen-bond acceptors (Lipinski definition) is 1. The number of nitrogens with two attached hydrogens (primary N) is 1. The molecule has 0 saturated heterocycles. The van der Waals surface area contributed by atoms with Gasteiger partial charge in [0.05, 0.1) is 5.92 Å². The smallest absolute Gasteiger partial charge is 0.395 e. The third-order valence-corrected chi connectivity index (χ3v) is 2.88. The minimum atomic E-state index is -4.15. The van der Waals surface area contributed by atoms with Gasteiger partial charge in [-0.25, -0.2) is 0 Å². The lowest BCUT2D eigenvalue weighted by Crippen LogP contribution is -2.25. The summed E-state index contributed by atoms with van der Waals surface area (Å²) in [5, 5.41) is 0. The number of anilines is 1. The molecule has 0 bridgehead atoms. The summed E-state index contributed by atoms with van der Waals surface area (Å²) in [6, 6.07) is 4.84. The molecule has 15 heavy (non-hydrogen) atoms. The fourth-order valence-electron chi connectivity index (χ4n) is 2.16. The van der Waals surface area contributed by atoms with Gasteiger partial charge < -0.3 is 5.73 Å². The monoisotopic (exact) mass is 215 g/mol. The molecule has 1 atom stereocenters. The Morgan fingerprint density at radius 2 is 2.00 bits per heavy atom. The van der Waals surface area contributed by atoms with Crippen molar-refractivity contribution in [2.45, 2.75) is 31.4 Å². The van der Waals surface area contributed by atoms with Gasteiger partial charge in [0.15, 0.2) is 0 Å². The van der Waals surface area contributed by atoms with Crippen LogP contribution in [-0.2, 0) is 6.42 Å². The first-order chi connectivity index (χ1) is 6.98. The molecule has 1 aromatic carbocycles. The Morgan fingerprint density at radius 1 is 1.27 bits per heavy atom. The number of nitrogen functional groups attached to an aromatic ring is 1. The number of rotatable bonds is 0. The van der Waals surface area contributed by atoms with Crippen molar-refractivity contribution in [3.8, 4) is 0 Å². The first-order valence-corrected chi connectivity index (χ1v) is 4.93. The third-order valence-electron chi connectivity index (χ3n) is 2.88. The van der Waals surface area contributed by atoms with E-state index in [0.29, 0.717) is 17.7 Å². The summed E-state index contributed by atoms with van der Waals surface area (Å²) in [6.07, 6.45) is -2.65. The molecule has 1 nitrogen and oxygen atoms in total. The second kappa shape index (κ2) is 3.43. The molecule has 2 rings (SSSR count). The van der Waals surface area contributed by atoms with Gasteiger partial charge >= 0.3 is 6.18 Å². The fourth-order valence-corrected chi connectivity index (χ4v) is 2.16. The summed E-state index contributed by atoms with van der Waals surface area (Å²) in [6.45, 7) is 0. The van der Waals surface area contributed by atoms with Crippen molar-refractivity contribution < 1.29 is 13.2 Å². The normalized spacial score (nSPS) is 21.1. The molecule has 1 aromatic rings. The van der Waals surface area contributed by atoms with Crippen LogP contribution in [0.25, 0.3) is 0 Å². The van der Waals surface area contributed by atoms with E-state index in [4.69, 9.17) is 5.73 Å². The largest absolute Gasteiger partial charge is 0.399 e. The second-order valence-corrected chi connectivity index (χ2v) is 3.94. The summed E-state index contributed by atoms with van der Waals surface area (Å²) < 4.78 is 38.1. The molecule has 1 aliphatic rings. The molecule has 0 radical (unpaired) electrons. The van der Waals surface area contributed by atoms with Crippen LogP contribution < -0.4 is 5.73 Å². The molecule has 0 amide bonds. The van der Waals surface area contributed by atoms with Crippen LogP contribution in [0.3, 0.4) is 0 Å². The first kappa shape index (κ1) is 10.3. The molecule has 0 aromatic heterocycles. The van der Waals surface area contributed by atoms with Gasteiger partial charge in [0.2, 0.25) is 0 Å². The van der Waals surface area contributed by atoms with Crippen LogP contribution in [0.2, 0.25) is 0 Å². The SMILES string of the molecule is Nc1ccc2c(c1)C(C(F)(F)F)CCC2. The molecule has 82 valence electrons. The Balaban J connectivity index is 2.45. The van der Waals surface area contributed by atoms with E-state index in [9.17, 15) is 13.2 Å². The van der Waals surface area contributed by atoms with Crippen molar-refractivity contribution in [1.82, 2.24) is 0 Å². The zero-order chi connectivity index (χ0) is 11.1. The summed E-state index contributed by atoms with van der Waals surface area (Å²) >= 11 is 0.